The average Bonchev–Trinajstić information content (AvgIpc) is 2.70. The van der Waals surface area contributed by atoms with E-state index in [9.17, 15) is 9.59 Å². The summed E-state index contributed by atoms with van der Waals surface area (Å²) in [7, 11) is 0. The fourth-order valence-electron chi connectivity index (χ4n) is 2.81. The molecule has 0 aliphatic rings. The van der Waals surface area contributed by atoms with Gasteiger partial charge < -0.3 is 9.47 Å². The number of hydrogen-bond acceptors (Lipinski definition) is 5. The van der Waals surface area contributed by atoms with Crippen LogP contribution in [0, 0.1) is 11.3 Å². The van der Waals surface area contributed by atoms with Crippen LogP contribution in [0.15, 0.2) is 24.3 Å². The first-order valence-electron chi connectivity index (χ1n) is 10.5. The van der Waals surface area contributed by atoms with Crippen molar-refractivity contribution in [1.82, 2.24) is 0 Å². The van der Waals surface area contributed by atoms with Gasteiger partial charge in [0.25, 0.3) is 0 Å². The van der Waals surface area contributed by atoms with Gasteiger partial charge >= 0.3 is 11.9 Å². The Morgan fingerprint density at radius 3 is 2.00 bits per heavy atom. The van der Waals surface area contributed by atoms with E-state index in [1.807, 2.05) is 6.07 Å². The van der Waals surface area contributed by atoms with E-state index in [0.717, 1.165) is 51.4 Å². The van der Waals surface area contributed by atoms with Crippen LogP contribution in [0.4, 0.5) is 0 Å². The molecule has 0 N–H and O–H groups in total. The zero-order valence-corrected chi connectivity index (χ0v) is 17.1. The lowest BCUT2D eigenvalue weighted by Crippen LogP contribution is -2.07. The first-order chi connectivity index (χ1) is 13.7. The minimum Gasteiger partial charge on any atom is -0.466 e. The zero-order valence-electron chi connectivity index (χ0n) is 17.1. The number of rotatable bonds is 15. The van der Waals surface area contributed by atoms with Crippen molar-refractivity contribution in [3.63, 3.8) is 0 Å². The van der Waals surface area contributed by atoms with E-state index in [4.69, 9.17) is 14.7 Å². The molecule has 0 amide bonds. The van der Waals surface area contributed by atoms with Gasteiger partial charge in [-0.05, 0) is 43.5 Å². The van der Waals surface area contributed by atoms with Gasteiger partial charge in [0.2, 0.25) is 0 Å². The maximum Gasteiger partial charge on any atom is 0.311 e. The lowest BCUT2D eigenvalue weighted by Gasteiger charge is -2.05. The van der Waals surface area contributed by atoms with E-state index in [0.29, 0.717) is 30.8 Å². The SMILES string of the molecule is CCCCCCOC(=O)CCCCCCCCC(=O)Oc1ccc(C#N)cc1. The molecule has 0 unspecified atom stereocenters. The highest BCUT2D eigenvalue weighted by molar-refractivity contribution is 5.72. The first kappa shape index (κ1) is 23.7. The molecule has 5 heteroatoms. The highest BCUT2D eigenvalue weighted by atomic mass is 16.5. The fourth-order valence-corrected chi connectivity index (χ4v) is 2.81. The van der Waals surface area contributed by atoms with Gasteiger partial charge in [0.05, 0.1) is 18.2 Å². The predicted molar refractivity (Wildman–Crippen MR) is 109 cm³/mol. The van der Waals surface area contributed by atoms with Crippen molar-refractivity contribution in [3.05, 3.63) is 29.8 Å². The molecule has 0 aliphatic carbocycles. The molecule has 1 aromatic rings. The maximum absolute atomic E-state index is 11.8. The molecule has 0 aromatic heterocycles. The van der Waals surface area contributed by atoms with Crippen LogP contribution in [0.3, 0.4) is 0 Å². The van der Waals surface area contributed by atoms with Gasteiger partial charge in [-0.1, -0.05) is 51.9 Å². The van der Waals surface area contributed by atoms with Crippen molar-refractivity contribution in [3.8, 4) is 11.8 Å². The summed E-state index contributed by atoms with van der Waals surface area (Å²) < 4.78 is 10.5. The summed E-state index contributed by atoms with van der Waals surface area (Å²) in [6.07, 6.45) is 11.2. The number of ether oxygens (including phenoxy) is 2. The molecule has 0 saturated carbocycles. The maximum atomic E-state index is 11.8. The second-order valence-electron chi connectivity index (χ2n) is 7.01. The molecule has 0 aliphatic heterocycles. The molecule has 1 rings (SSSR count). The Morgan fingerprint density at radius 2 is 1.39 bits per heavy atom. The van der Waals surface area contributed by atoms with Crippen molar-refractivity contribution in [1.29, 1.82) is 5.26 Å². The van der Waals surface area contributed by atoms with Gasteiger partial charge in [-0.25, -0.2) is 0 Å². The first-order valence-corrected chi connectivity index (χ1v) is 10.5. The Labute approximate surface area is 169 Å². The van der Waals surface area contributed by atoms with Crippen molar-refractivity contribution in [2.45, 2.75) is 84.0 Å². The Hall–Kier alpha value is -2.35. The lowest BCUT2D eigenvalue weighted by molar-refractivity contribution is -0.144. The number of hydrogen-bond donors (Lipinski definition) is 0. The predicted octanol–water partition coefficient (Wildman–Crippen LogP) is 5.71. The number of benzene rings is 1. The molecule has 5 nitrogen and oxygen atoms in total. The average molecular weight is 388 g/mol. The van der Waals surface area contributed by atoms with Crippen LogP contribution in [0.5, 0.6) is 5.75 Å². The van der Waals surface area contributed by atoms with Crippen LogP contribution in [0.2, 0.25) is 0 Å². The molecular weight excluding hydrogens is 354 g/mol. The van der Waals surface area contributed by atoms with E-state index in [2.05, 4.69) is 6.92 Å². The van der Waals surface area contributed by atoms with E-state index in [1.165, 1.54) is 12.8 Å². The molecule has 0 saturated heterocycles. The Balaban J connectivity index is 1.93. The van der Waals surface area contributed by atoms with Gasteiger partial charge in [-0.2, -0.15) is 5.26 Å². The molecular formula is C23H33NO4. The van der Waals surface area contributed by atoms with Crippen LogP contribution < -0.4 is 4.74 Å². The third kappa shape index (κ3) is 12.1. The number of carbonyl (C=O) groups excluding carboxylic acids is 2. The monoisotopic (exact) mass is 387 g/mol. The molecule has 28 heavy (non-hydrogen) atoms. The van der Waals surface area contributed by atoms with Crippen molar-refractivity contribution < 1.29 is 19.1 Å². The third-order valence-corrected chi connectivity index (χ3v) is 4.49. The fraction of sp³-hybridized carbons (Fsp3) is 0.609. The summed E-state index contributed by atoms with van der Waals surface area (Å²) in [6.45, 7) is 2.71. The Bertz CT molecular complexity index is 604. The van der Waals surface area contributed by atoms with Gasteiger partial charge in [-0.15, -0.1) is 0 Å². The van der Waals surface area contributed by atoms with Crippen molar-refractivity contribution >= 4 is 11.9 Å². The van der Waals surface area contributed by atoms with Crippen molar-refractivity contribution in [2.24, 2.45) is 0 Å². The minimum atomic E-state index is -0.244. The summed E-state index contributed by atoms with van der Waals surface area (Å²) >= 11 is 0. The largest absolute Gasteiger partial charge is 0.466 e. The molecule has 0 bridgehead atoms. The van der Waals surface area contributed by atoms with E-state index in [1.54, 1.807) is 24.3 Å². The van der Waals surface area contributed by atoms with Gasteiger partial charge in [0.1, 0.15) is 5.75 Å². The van der Waals surface area contributed by atoms with Gasteiger partial charge in [0, 0.05) is 12.8 Å². The van der Waals surface area contributed by atoms with Crippen LogP contribution in [-0.4, -0.2) is 18.5 Å². The van der Waals surface area contributed by atoms with Gasteiger partial charge in [-0.3, -0.25) is 9.59 Å². The minimum absolute atomic E-state index is 0.0814. The summed E-state index contributed by atoms with van der Waals surface area (Å²) in [5, 5.41) is 8.74. The smallest absolute Gasteiger partial charge is 0.311 e. The summed E-state index contributed by atoms with van der Waals surface area (Å²) in [4.78, 5) is 23.4. The number of nitriles is 1. The molecule has 0 atom stereocenters. The van der Waals surface area contributed by atoms with E-state index in [-0.39, 0.29) is 11.9 Å². The lowest BCUT2D eigenvalue weighted by atomic mass is 10.1. The second-order valence-corrected chi connectivity index (χ2v) is 7.01. The number of esters is 2. The molecule has 1 aromatic carbocycles. The Kier molecular flexibility index (Phi) is 13.3. The number of nitrogens with zero attached hydrogens (tertiary/aromatic N) is 1. The molecule has 0 heterocycles. The highest BCUT2D eigenvalue weighted by Gasteiger charge is 2.05. The molecule has 0 spiro atoms. The van der Waals surface area contributed by atoms with E-state index >= 15 is 0 Å². The van der Waals surface area contributed by atoms with Crippen LogP contribution >= 0.6 is 0 Å². The summed E-state index contributed by atoms with van der Waals surface area (Å²) in [5.41, 5.74) is 0.542. The quantitative estimate of drug-likeness (QED) is 0.219. The molecule has 0 fully saturated rings. The third-order valence-electron chi connectivity index (χ3n) is 4.49. The molecule has 0 radical (unpaired) electrons. The zero-order chi connectivity index (χ0) is 20.5. The van der Waals surface area contributed by atoms with Gasteiger partial charge in [0.15, 0.2) is 0 Å². The number of carbonyl (C=O) groups is 2. The van der Waals surface area contributed by atoms with Crippen molar-refractivity contribution in [2.75, 3.05) is 6.61 Å². The van der Waals surface area contributed by atoms with E-state index < -0.39 is 0 Å². The Morgan fingerprint density at radius 1 is 0.821 bits per heavy atom. The number of unbranched alkanes of at least 4 members (excludes halogenated alkanes) is 8. The van der Waals surface area contributed by atoms with Crippen LogP contribution in [0.25, 0.3) is 0 Å². The molecule has 154 valence electrons. The standard InChI is InChI=1S/C23H33NO4/c1-2-3-4-11-18-27-22(25)12-9-7-5-6-8-10-13-23(26)28-21-16-14-20(19-24)15-17-21/h14-17H,2-13,18H2,1H3. The topological polar surface area (TPSA) is 76.4 Å². The van der Waals surface area contributed by atoms with Crippen LogP contribution in [-0.2, 0) is 14.3 Å². The second kappa shape index (κ2) is 15.7. The summed E-state index contributed by atoms with van der Waals surface area (Å²) in [6, 6.07) is 8.55. The van der Waals surface area contributed by atoms with Crippen LogP contribution in [0.1, 0.15) is 89.5 Å². The highest BCUT2D eigenvalue weighted by Crippen LogP contribution is 2.14. The normalized spacial score (nSPS) is 10.3. The summed E-state index contributed by atoms with van der Waals surface area (Å²) in [5.74, 6) is 0.148.